The molecule has 0 saturated heterocycles. The highest BCUT2D eigenvalue weighted by Gasteiger charge is 2.30. The Balaban J connectivity index is 1.48. The molecule has 1 heterocycles. The van der Waals surface area contributed by atoms with Gasteiger partial charge in [-0.05, 0) is 42.5 Å². The highest BCUT2D eigenvalue weighted by atomic mass is 35.5. The van der Waals surface area contributed by atoms with Crippen molar-refractivity contribution >= 4 is 35.0 Å². The van der Waals surface area contributed by atoms with Crippen LogP contribution >= 0.6 is 23.4 Å². The minimum Gasteiger partial charge on any atom is -0.484 e. The highest BCUT2D eigenvalue weighted by molar-refractivity contribution is 7.99. The SMILES string of the molecule is O=C(CSc1nnc(COc2ccc(Cl)cc2)o1)Nc1cccc(C(F)(F)F)c1. The Bertz CT molecular complexity index is 980. The lowest BCUT2D eigenvalue weighted by molar-refractivity contribution is -0.137. The third-order valence-corrected chi connectivity index (χ3v) is 4.50. The third kappa shape index (κ3) is 6.40. The molecule has 2 aromatic carbocycles. The molecule has 0 spiro atoms. The molecule has 0 atom stereocenters. The van der Waals surface area contributed by atoms with Crippen LogP contribution in [0.2, 0.25) is 5.02 Å². The van der Waals surface area contributed by atoms with E-state index < -0.39 is 17.6 Å². The second-order valence-corrected chi connectivity index (χ2v) is 6.98. The van der Waals surface area contributed by atoms with Crippen LogP contribution in [0.4, 0.5) is 18.9 Å². The zero-order valence-electron chi connectivity index (χ0n) is 14.6. The number of ether oxygens (including phenoxy) is 1. The number of hydrogen-bond acceptors (Lipinski definition) is 6. The second kappa shape index (κ2) is 9.19. The average Bonchev–Trinajstić information content (AvgIpc) is 3.13. The molecule has 0 bridgehead atoms. The van der Waals surface area contributed by atoms with Crippen LogP contribution in [0.5, 0.6) is 5.75 Å². The van der Waals surface area contributed by atoms with Crippen LogP contribution in [0.3, 0.4) is 0 Å². The van der Waals surface area contributed by atoms with Gasteiger partial charge < -0.3 is 14.5 Å². The summed E-state index contributed by atoms with van der Waals surface area (Å²) in [5, 5.41) is 10.7. The van der Waals surface area contributed by atoms with Crippen molar-refractivity contribution < 1.29 is 27.1 Å². The lowest BCUT2D eigenvalue weighted by Crippen LogP contribution is -2.15. The number of nitrogens with zero attached hydrogens (tertiary/aromatic N) is 2. The first-order valence-corrected chi connectivity index (χ1v) is 9.46. The number of alkyl halides is 3. The van der Waals surface area contributed by atoms with Gasteiger partial charge >= 0.3 is 6.18 Å². The van der Waals surface area contributed by atoms with Crippen LogP contribution in [0, 0.1) is 0 Å². The van der Waals surface area contributed by atoms with Crippen molar-refractivity contribution in [3.05, 3.63) is 65.0 Å². The minimum atomic E-state index is -4.48. The molecule has 0 aliphatic carbocycles. The molecular formula is C18H13ClF3N3O3S. The molecule has 29 heavy (non-hydrogen) atoms. The van der Waals surface area contributed by atoms with Crippen molar-refractivity contribution in [2.75, 3.05) is 11.1 Å². The van der Waals surface area contributed by atoms with E-state index in [0.29, 0.717) is 10.8 Å². The number of carbonyl (C=O) groups excluding carboxylic acids is 1. The van der Waals surface area contributed by atoms with Gasteiger partial charge in [0.25, 0.3) is 11.1 Å². The molecule has 3 rings (SSSR count). The fraction of sp³-hybridized carbons (Fsp3) is 0.167. The number of hydrogen-bond donors (Lipinski definition) is 1. The molecule has 0 fully saturated rings. The largest absolute Gasteiger partial charge is 0.484 e. The number of benzene rings is 2. The van der Waals surface area contributed by atoms with Gasteiger partial charge in [-0.25, -0.2) is 0 Å². The van der Waals surface area contributed by atoms with E-state index in [4.69, 9.17) is 20.8 Å². The van der Waals surface area contributed by atoms with Crippen LogP contribution in [0.1, 0.15) is 11.5 Å². The zero-order valence-corrected chi connectivity index (χ0v) is 16.1. The Morgan fingerprint density at radius 1 is 1.17 bits per heavy atom. The van der Waals surface area contributed by atoms with Gasteiger partial charge in [0, 0.05) is 10.7 Å². The number of nitrogens with one attached hydrogen (secondary N) is 1. The van der Waals surface area contributed by atoms with Crippen LogP contribution in [0.25, 0.3) is 0 Å². The number of aromatic nitrogens is 2. The van der Waals surface area contributed by atoms with Gasteiger partial charge in [0.1, 0.15) is 5.75 Å². The molecule has 0 unspecified atom stereocenters. The maximum atomic E-state index is 12.7. The first-order valence-electron chi connectivity index (χ1n) is 8.10. The molecule has 1 aromatic heterocycles. The monoisotopic (exact) mass is 443 g/mol. The standard InChI is InChI=1S/C18H13ClF3N3O3S/c19-12-4-6-14(7-5-12)27-9-16-24-25-17(28-16)29-10-15(26)23-13-3-1-2-11(8-13)18(20,21)22/h1-8H,9-10H2,(H,23,26). The summed E-state index contributed by atoms with van der Waals surface area (Å²) in [7, 11) is 0. The molecule has 0 aliphatic heterocycles. The van der Waals surface area contributed by atoms with E-state index in [1.54, 1.807) is 24.3 Å². The third-order valence-electron chi connectivity index (χ3n) is 3.42. The number of halogens is 4. The lowest BCUT2D eigenvalue weighted by atomic mass is 10.2. The Labute approximate surface area is 172 Å². The zero-order chi connectivity index (χ0) is 20.9. The van der Waals surface area contributed by atoms with E-state index in [-0.39, 0.29) is 29.2 Å². The topological polar surface area (TPSA) is 77.2 Å². The number of anilines is 1. The summed E-state index contributed by atoms with van der Waals surface area (Å²) in [6.45, 7) is 0.0334. The van der Waals surface area contributed by atoms with Crippen molar-refractivity contribution in [3.63, 3.8) is 0 Å². The van der Waals surface area contributed by atoms with Crippen LogP contribution in [-0.2, 0) is 17.6 Å². The summed E-state index contributed by atoms with van der Waals surface area (Å²) in [5.74, 6) is 0.158. The predicted octanol–water partition coefficient (Wildman–Crippen LogP) is 5.05. The number of thioether (sulfide) groups is 1. The fourth-order valence-electron chi connectivity index (χ4n) is 2.13. The Morgan fingerprint density at radius 2 is 1.93 bits per heavy atom. The first kappa shape index (κ1) is 21.0. The molecule has 0 aliphatic rings. The van der Waals surface area contributed by atoms with E-state index in [1.165, 1.54) is 12.1 Å². The molecule has 11 heteroatoms. The van der Waals surface area contributed by atoms with Crippen molar-refractivity contribution in [1.29, 1.82) is 0 Å². The van der Waals surface area contributed by atoms with Crippen LogP contribution in [0.15, 0.2) is 58.2 Å². The van der Waals surface area contributed by atoms with Crippen LogP contribution < -0.4 is 10.1 Å². The molecule has 1 N–H and O–H groups in total. The van der Waals surface area contributed by atoms with E-state index >= 15 is 0 Å². The number of carbonyl (C=O) groups is 1. The second-order valence-electron chi connectivity index (χ2n) is 5.62. The molecule has 1 amide bonds. The number of rotatable bonds is 7. The number of amides is 1. The van der Waals surface area contributed by atoms with E-state index in [9.17, 15) is 18.0 Å². The first-order chi connectivity index (χ1) is 13.8. The van der Waals surface area contributed by atoms with Gasteiger partial charge in [-0.3, -0.25) is 4.79 Å². The van der Waals surface area contributed by atoms with E-state index in [1.807, 2.05) is 0 Å². The Morgan fingerprint density at radius 3 is 2.66 bits per heavy atom. The summed E-state index contributed by atoms with van der Waals surface area (Å²) in [5.41, 5.74) is -0.793. The van der Waals surface area contributed by atoms with Gasteiger partial charge in [-0.1, -0.05) is 29.4 Å². The normalized spacial score (nSPS) is 11.3. The van der Waals surface area contributed by atoms with Gasteiger partial charge in [-0.15, -0.1) is 10.2 Å². The fourth-order valence-corrected chi connectivity index (χ4v) is 2.83. The Hall–Kier alpha value is -2.72. The van der Waals surface area contributed by atoms with Gasteiger partial charge in [0.15, 0.2) is 6.61 Å². The van der Waals surface area contributed by atoms with Gasteiger partial charge in [0.05, 0.1) is 11.3 Å². The van der Waals surface area contributed by atoms with Crippen molar-refractivity contribution in [1.82, 2.24) is 10.2 Å². The highest BCUT2D eigenvalue weighted by Crippen LogP contribution is 2.30. The maximum Gasteiger partial charge on any atom is 0.416 e. The maximum absolute atomic E-state index is 12.7. The van der Waals surface area contributed by atoms with Crippen LogP contribution in [-0.4, -0.2) is 21.9 Å². The van der Waals surface area contributed by atoms with Gasteiger partial charge in [0.2, 0.25) is 5.91 Å². The summed E-state index contributed by atoms with van der Waals surface area (Å²) in [6, 6.07) is 11.1. The Kier molecular flexibility index (Phi) is 6.65. The van der Waals surface area contributed by atoms with Crippen molar-refractivity contribution in [2.24, 2.45) is 0 Å². The van der Waals surface area contributed by atoms with Crippen molar-refractivity contribution in [2.45, 2.75) is 18.0 Å². The molecule has 6 nitrogen and oxygen atoms in total. The molecule has 0 saturated carbocycles. The van der Waals surface area contributed by atoms with Gasteiger partial charge in [-0.2, -0.15) is 13.2 Å². The summed E-state index contributed by atoms with van der Waals surface area (Å²) < 4.78 is 48.9. The van der Waals surface area contributed by atoms with E-state index in [0.717, 1.165) is 23.9 Å². The van der Waals surface area contributed by atoms with Crippen molar-refractivity contribution in [3.8, 4) is 5.75 Å². The predicted molar refractivity (Wildman–Crippen MR) is 101 cm³/mol. The molecule has 3 aromatic rings. The molecule has 152 valence electrons. The summed E-state index contributed by atoms with van der Waals surface area (Å²) in [4.78, 5) is 12.0. The quantitative estimate of drug-likeness (QED) is 0.515. The summed E-state index contributed by atoms with van der Waals surface area (Å²) >= 11 is 6.74. The molecular weight excluding hydrogens is 431 g/mol. The lowest BCUT2D eigenvalue weighted by Gasteiger charge is -2.09. The summed E-state index contributed by atoms with van der Waals surface area (Å²) in [6.07, 6.45) is -4.48. The smallest absolute Gasteiger partial charge is 0.416 e. The van der Waals surface area contributed by atoms with E-state index in [2.05, 4.69) is 15.5 Å². The molecule has 0 radical (unpaired) electrons. The average molecular weight is 444 g/mol. The minimum absolute atomic E-state index is 0.0334.